The van der Waals surface area contributed by atoms with Gasteiger partial charge < -0.3 is 10.6 Å². The minimum absolute atomic E-state index is 0.0168. The first-order chi connectivity index (χ1) is 9.61. The summed E-state index contributed by atoms with van der Waals surface area (Å²) in [6.45, 7) is 0. The zero-order valence-corrected chi connectivity index (χ0v) is 11.0. The van der Waals surface area contributed by atoms with E-state index in [0.717, 1.165) is 11.3 Å². The van der Waals surface area contributed by atoms with Gasteiger partial charge >= 0.3 is 0 Å². The van der Waals surface area contributed by atoms with Crippen molar-refractivity contribution in [1.29, 1.82) is 0 Å². The highest BCUT2D eigenvalue weighted by atomic mass is 16.2. The fourth-order valence-electron chi connectivity index (χ4n) is 2.19. The van der Waals surface area contributed by atoms with Crippen LogP contribution in [0.5, 0.6) is 0 Å². The molecule has 0 radical (unpaired) electrons. The first-order valence-electron chi connectivity index (χ1n) is 6.35. The molecule has 2 heterocycles. The molecule has 0 saturated carbocycles. The summed E-state index contributed by atoms with van der Waals surface area (Å²) in [5.41, 5.74) is 2.33. The molecule has 2 N–H and O–H groups in total. The van der Waals surface area contributed by atoms with Gasteiger partial charge in [-0.05, 0) is 30.2 Å². The maximum atomic E-state index is 12.1. The number of rotatable bonds is 2. The van der Waals surface area contributed by atoms with Crippen molar-refractivity contribution in [3.63, 3.8) is 0 Å². The number of aryl methyl sites for hydroxylation is 2. The first-order valence-corrected chi connectivity index (χ1v) is 6.35. The molecule has 0 atom stereocenters. The first kappa shape index (κ1) is 12.4. The zero-order valence-electron chi connectivity index (χ0n) is 11.0. The number of anilines is 2. The number of fused-ring (bicyclic) bond motifs is 1. The molecule has 6 heteroatoms. The fourth-order valence-corrected chi connectivity index (χ4v) is 2.19. The lowest BCUT2D eigenvalue weighted by Crippen LogP contribution is -2.20. The van der Waals surface area contributed by atoms with Crippen LogP contribution >= 0.6 is 0 Å². The summed E-state index contributed by atoms with van der Waals surface area (Å²) in [7, 11) is 1.79. The molecule has 2 aromatic rings. The smallest absolute Gasteiger partial charge is 0.256 e. The molecule has 1 aromatic carbocycles. The summed E-state index contributed by atoms with van der Waals surface area (Å²) >= 11 is 0. The lowest BCUT2D eigenvalue weighted by molar-refractivity contribution is -0.116. The average molecular weight is 270 g/mol. The predicted molar refractivity (Wildman–Crippen MR) is 74.6 cm³/mol. The molecule has 1 aliphatic heterocycles. The van der Waals surface area contributed by atoms with Crippen molar-refractivity contribution in [2.75, 3.05) is 10.6 Å². The van der Waals surface area contributed by atoms with Crippen LogP contribution in [-0.4, -0.2) is 21.6 Å². The number of benzene rings is 1. The monoisotopic (exact) mass is 270 g/mol. The number of carbonyl (C=O) groups is 2. The van der Waals surface area contributed by atoms with Crippen molar-refractivity contribution >= 4 is 23.3 Å². The van der Waals surface area contributed by atoms with Gasteiger partial charge in [0.15, 0.2) is 5.82 Å². The van der Waals surface area contributed by atoms with Gasteiger partial charge in [0.25, 0.3) is 5.91 Å². The van der Waals surface area contributed by atoms with E-state index >= 15 is 0 Å². The summed E-state index contributed by atoms with van der Waals surface area (Å²) in [6, 6.07) is 7.01. The lowest BCUT2D eigenvalue weighted by atomic mass is 10.00. The number of nitrogens with zero attached hydrogens (tertiary/aromatic N) is 2. The molecule has 0 spiro atoms. The Morgan fingerprint density at radius 2 is 2.20 bits per heavy atom. The van der Waals surface area contributed by atoms with Gasteiger partial charge in [-0.25, -0.2) is 0 Å². The average Bonchev–Trinajstić information content (AvgIpc) is 2.83. The highest BCUT2D eigenvalue weighted by molar-refractivity contribution is 6.04. The van der Waals surface area contributed by atoms with E-state index < -0.39 is 0 Å². The molecule has 0 unspecified atom stereocenters. The Morgan fingerprint density at radius 3 is 2.95 bits per heavy atom. The van der Waals surface area contributed by atoms with Crippen molar-refractivity contribution in [2.24, 2.45) is 7.05 Å². The molecule has 0 aliphatic carbocycles. The summed E-state index contributed by atoms with van der Waals surface area (Å²) in [5, 5.41) is 9.63. The van der Waals surface area contributed by atoms with Crippen molar-refractivity contribution in [3.8, 4) is 0 Å². The van der Waals surface area contributed by atoms with E-state index in [1.165, 1.54) is 0 Å². The topological polar surface area (TPSA) is 76.0 Å². The van der Waals surface area contributed by atoms with Crippen LogP contribution < -0.4 is 10.6 Å². The number of amides is 2. The third-order valence-corrected chi connectivity index (χ3v) is 3.22. The molecule has 6 nitrogen and oxygen atoms in total. The molecule has 1 aromatic heterocycles. The molecule has 102 valence electrons. The molecule has 1 aliphatic rings. The number of hydrogen-bond acceptors (Lipinski definition) is 3. The zero-order chi connectivity index (χ0) is 14.1. The van der Waals surface area contributed by atoms with E-state index in [-0.39, 0.29) is 11.8 Å². The third-order valence-electron chi connectivity index (χ3n) is 3.22. The summed E-state index contributed by atoms with van der Waals surface area (Å²) < 4.78 is 1.62. The molecule has 20 heavy (non-hydrogen) atoms. The molecule has 0 saturated heterocycles. The molecule has 2 amide bonds. The van der Waals surface area contributed by atoms with Crippen molar-refractivity contribution in [2.45, 2.75) is 12.8 Å². The van der Waals surface area contributed by atoms with Gasteiger partial charge in [-0.1, -0.05) is 0 Å². The third kappa shape index (κ3) is 2.40. The Kier molecular flexibility index (Phi) is 2.98. The maximum absolute atomic E-state index is 12.1. The van der Waals surface area contributed by atoms with Gasteiger partial charge in [0.05, 0.1) is 0 Å². The molecule has 0 fully saturated rings. The SMILES string of the molecule is Cn1ccc(NC(=O)c2ccc3c(c2)CCC(=O)N3)n1. The second-order valence-electron chi connectivity index (χ2n) is 4.75. The van der Waals surface area contributed by atoms with Crippen LogP contribution in [-0.2, 0) is 18.3 Å². The largest absolute Gasteiger partial charge is 0.326 e. The van der Waals surface area contributed by atoms with Crippen LogP contribution in [0.15, 0.2) is 30.5 Å². The van der Waals surface area contributed by atoms with Crippen LogP contribution in [0.1, 0.15) is 22.3 Å². The quantitative estimate of drug-likeness (QED) is 0.869. The Balaban J connectivity index is 1.80. The number of hydrogen-bond donors (Lipinski definition) is 2. The lowest BCUT2D eigenvalue weighted by Gasteiger charge is -2.17. The summed E-state index contributed by atoms with van der Waals surface area (Å²) in [5.74, 6) is 0.329. The molecular formula is C14H14N4O2. The molecular weight excluding hydrogens is 256 g/mol. The Labute approximate surface area is 115 Å². The van der Waals surface area contributed by atoms with E-state index in [1.54, 1.807) is 36.1 Å². The van der Waals surface area contributed by atoms with E-state index in [0.29, 0.717) is 24.2 Å². The highest BCUT2D eigenvalue weighted by Gasteiger charge is 2.16. The standard InChI is InChI=1S/C14H14N4O2/c1-18-7-6-12(17-18)16-14(20)10-2-4-11-9(8-10)3-5-13(19)15-11/h2,4,6-8H,3,5H2,1H3,(H,15,19)(H,16,17,20). The van der Waals surface area contributed by atoms with Crippen LogP contribution in [0.3, 0.4) is 0 Å². The van der Waals surface area contributed by atoms with Gasteiger partial charge in [-0.15, -0.1) is 0 Å². The Bertz CT molecular complexity index is 690. The van der Waals surface area contributed by atoms with Crippen LogP contribution in [0, 0.1) is 0 Å². The van der Waals surface area contributed by atoms with Gasteiger partial charge in [0.2, 0.25) is 5.91 Å². The summed E-state index contributed by atoms with van der Waals surface area (Å²) in [6.07, 6.45) is 2.88. The number of carbonyl (C=O) groups excluding carboxylic acids is 2. The minimum Gasteiger partial charge on any atom is -0.326 e. The second-order valence-corrected chi connectivity index (χ2v) is 4.75. The van der Waals surface area contributed by atoms with Crippen molar-refractivity contribution in [3.05, 3.63) is 41.6 Å². The van der Waals surface area contributed by atoms with Gasteiger partial charge in [-0.3, -0.25) is 14.3 Å². The van der Waals surface area contributed by atoms with Gasteiger partial charge in [0, 0.05) is 37.0 Å². The number of aromatic nitrogens is 2. The summed E-state index contributed by atoms with van der Waals surface area (Å²) in [4.78, 5) is 23.4. The maximum Gasteiger partial charge on any atom is 0.256 e. The van der Waals surface area contributed by atoms with Crippen molar-refractivity contribution in [1.82, 2.24) is 9.78 Å². The molecule has 3 rings (SSSR count). The van der Waals surface area contributed by atoms with Gasteiger partial charge in [-0.2, -0.15) is 5.10 Å². The fraction of sp³-hybridized carbons (Fsp3) is 0.214. The van der Waals surface area contributed by atoms with E-state index in [9.17, 15) is 9.59 Å². The Hall–Kier alpha value is -2.63. The minimum atomic E-state index is -0.205. The normalized spacial score (nSPS) is 13.6. The van der Waals surface area contributed by atoms with Crippen LogP contribution in [0.25, 0.3) is 0 Å². The van der Waals surface area contributed by atoms with Crippen molar-refractivity contribution < 1.29 is 9.59 Å². The highest BCUT2D eigenvalue weighted by Crippen LogP contribution is 2.23. The predicted octanol–water partition coefficient (Wildman–Crippen LogP) is 1.56. The van der Waals surface area contributed by atoms with E-state index in [1.807, 2.05) is 6.07 Å². The van der Waals surface area contributed by atoms with Crippen LogP contribution in [0.2, 0.25) is 0 Å². The van der Waals surface area contributed by atoms with Gasteiger partial charge in [0.1, 0.15) is 0 Å². The van der Waals surface area contributed by atoms with E-state index in [2.05, 4.69) is 15.7 Å². The van der Waals surface area contributed by atoms with E-state index in [4.69, 9.17) is 0 Å². The second kappa shape index (κ2) is 4.80. The Morgan fingerprint density at radius 1 is 1.35 bits per heavy atom. The number of nitrogens with one attached hydrogen (secondary N) is 2. The van der Waals surface area contributed by atoms with Crippen LogP contribution in [0.4, 0.5) is 11.5 Å². The molecule has 0 bridgehead atoms.